The molecule has 0 saturated carbocycles. The molecule has 3 heterocycles. The van der Waals surface area contributed by atoms with E-state index >= 15 is 0 Å². The number of nitrogens with zero attached hydrogens (tertiary/aromatic N) is 3. The zero-order chi connectivity index (χ0) is 14.2. The van der Waals surface area contributed by atoms with Gasteiger partial charge in [0, 0.05) is 29.8 Å². The van der Waals surface area contributed by atoms with Gasteiger partial charge in [-0.1, -0.05) is 0 Å². The fraction of sp³-hybridized carbons (Fsp3) is 0.0667. The highest BCUT2D eigenvalue weighted by atomic mass is 32.1. The highest BCUT2D eigenvalue weighted by Gasteiger charge is 2.07. The molecule has 0 aliphatic rings. The molecule has 0 spiro atoms. The molecule has 0 radical (unpaired) electrons. The molecule has 4 aromatic rings. The maximum absolute atomic E-state index is 4.55. The van der Waals surface area contributed by atoms with E-state index in [0.717, 1.165) is 23.0 Å². The quantitative estimate of drug-likeness (QED) is 0.604. The minimum atomic E-state index is 0.737. The van der Waals surface area contributed by atoms with Gasteiger partial charge in [0.2, 0.25) is 0 Å². The first kappa shape index (κ1) is 12.2. The molecule has 5 nitrogen and oxygen atoms in total. The van der Waals surface area contributed by atoms with Crippen LogP contribution in [0.15, 0.2) is 48.2 Å². The Balaban J connectivity index is 1.80. The Hall–Kier alpha value is -2.60. The Bertz CT molecular complexity index is 924. The number of rotatable bonds is 3. The Kier molecular flexibility index (Phi) is 2.75. The standard InChI is InChI=1S/C15H13N5S/c1-16-13-9-20-6-5-17-15(20)14(19-13)18-11-2-3-12-10(8-11)4-7-21-12/h2-9,16H,1H3,(H,18,19). The molecular weight excluding hydrogens is 282 g/mol. The summed E-state index contributed by atoms with van der Waals surface area (Å²) in [6, 6.07) is 8.42. The smallest absolute Gasteiger partial charge is 0.180 e. The van der Waals surface area contributed by atoms with Gasteiger partial charge in [-0.15, -0.1) is 11.3 Å². The average molecular weight is 295 g/mol. The van der Waals surface area contributed by atoms with Crippen molar-refractivity contribution >= 4 is 44.4 Å². The number of imidazole rings is 1. The van der Waals surface area contributed by atoms with Crippen LogP contribution in [0.1, 0.15) is 0 Å². The minimum absolute atomic E-state index is 0.737. The molecule has 0 saturated heterocycles. The van der Waals surface area contributed by atoms with Crippen LogP contribution in [0.25, 0.3) is 15.7 Å². The first-order valence-corrected chi connectivity index (χ1v) is 7.47. The first-order valence-electron chi connectivity index (χ1n) is 6.59. The second kappa shape index (κ2) is 4.75. The predicted octanol–water partition coefficient (Wildman–Crippen LogP) is 3.73. The first-order chi connectivity index (χ1) is 10.3. The van der Waals surface area contributed by atoms with Gasteiger partial charge in [0.1, 0.15) is 5.82 Å². The minimum Gasteiger partial charge on any atom is -0.372 e. The lowest BCUT2D eigenvalue weighted by molar-refractivity contribution is 1.12. The third-order valence-electron chi connectivity index (χ3n) is 3.35. The van der Waals surface area contributed by atoms with Gasteiger partial charge in [-0.05, 0) is 35.0 Å². The van der Waals surface area contributed by atoms with Crippen LogP contribution in [0, 0.1) is 0 Å². The molecule has 1 aromatic carbocycles. The number of fused-ring (bicyclic) bond motifs is 2. The number of thiophene rings is 1. The molecule has 6 heteroatoms. The summed E-state index contributed by atoms with van der Waals surface area (Å²) >= 11 is 1.74. The van der Waals surface area contributed by atoms with Crippen LogP contribution in [0.4, 0.5) is 17.3 Å². The monoisotopic (exact) mass is 295 g/mol. The summed E-state index contributed by atoms with van der Waals surface area (Å²) in [5, 5.41) is 9.75. The van der Waals surface area contributed by atoms with Gasteiger partial charge in [-0.3, -0.25) is 0 Å². The molecule has 104 valence electrons. The van der Waals surface area contributed by atoms with Crippen LogP contribution >= 0.6 is 11.3 Å². The zero-order valence-corrected chi connectivity index (χ0v) is 12.2. The Morgan fingerprint density at radius 3 is 3.10 bits per heavy atom. The van der Waals surface area contributed by atoms with Gasteiger partial charge in [0.25, 0.3) is 0 Å². The Morgan fingerprint density at radius 2 is 2.19 bits per heavy atom. The van der Waals surface area contributed by atoms with Crippen LogP contribution in [0.2, 0.25) is 0 Å². The molecule has 3 aromatic heterocycles. The van der Waals surface area contributed by atoms with Crippen molar-refractivity contribution in [2.45, 2.75) is 0 Å². The van der Waals surface area contributed by atoms with Gasteiger partial charge in [-0.2, -0.15) is 0 Å². The summed E-state index contributed by atoms with van der Waals surface area (Å²) in [5.41, 5.74) is 1.81. The average Bonchev–Trinajstić information content (AvgIpc) is 3.14. The fourth-order valence-corrected chi connectivity index (χ4v) is 3.09. The van der Waals surface area contributed by atoms with Gasteiger partial charge >= 0.3 is 0 Å². The summed E-state index contributed by atoms with van der Waals surface area (Å²) in [6.07, 6.45) is 5.59. The second-order valence-corrected chi connectivity index (χ2v) is 5.63. The zero-order valence-electron chi connectivity index (χ0n) is 11.4. The number of aromatic nitrogens is 3. The summed E-state index contributed by atoms with van der Waals surface area (Å²) < 4.78 is 3.23. The van der Waals surface area contributed by atoms with E-state index in [0.29, 0.717) is 0 Å². The molecule has 21 heavy (non-hydrogen) atoms. The van der Waals surface area contributed by atoms with Gasteiger partial charge < -0.3 is 15.0 Å². The van der Waals surface area contributed by atoms with Crippen molar-refractivity contribution in [1.29, 1.82) is 0 Å². The van der Waals surface area contributed by atoms with E-state index in [1.54, 1.807) is 17.5 Å². The van der Waals surface area contributed by atoms with Crippen molar-refractivity contribution in [2.24, 2.45) is 0 Å². The van der Waals surface area contributed by atoms with E-state index in [-0.39, 0.29) is 0 Å². The lowest BCUT2D eigenvalue weighted by atomic mass is 10.2. The van der Waals surface area contributed by atoms with Crippen molar-refractivity contribution in [1.82, 2.24) is 14.4 Å². The molecular formula is C15H13N5S. The van der Waals surface area contributed by atoms with Gasteiger partial charge in [-0.25, -0.2) is 9.97 Å². The van der Waals surface area contributed by atoms with Crippen molar-refractivity contribution in [2.75, 3.05) is 17.7 Å². The molecule has 0 bridgehead atoms. The third-order valence-corrected chi connectivity index (χ3v) is 4.24. The summed E-state index contributed by atoms with van der Waals surface area (Å²) in [7, 11) is 1.85. The van der Waals surface area contributed by atoms with E-state index in [9.17, 15) is 0 Å². The highest BCUT2D eigenvalue weighted by Crippen LogP contribution is 2.27. The van der Waals surface area contributed by atoms with Crippen LogP contribution in [-0.4, -0.2) is 21.4 Å². The van der Waals surface area contributed by atoms with Crippen molar-refractivity contribution in [3.8, 4) is 0 Å². The Morgan fingerprint density at radius 1 is 1.24 bits per heavy atom. The predicted molar refractivity (Wildman–Crippen MR) is 87.6 cm³/mol. The van der Waals surface area contributed by atoms with E-state index in [1.165, 1.54) is 10.1 Å². The van der Waals surface area contributed by atoms with Crippen LogP contribution in [0.5, 0.6) is 0 Å². The molecule has 0 aliphatic carbocycles. The fourth-order valence-electron chi connectivity index (χ4n) is 2.32. The van der Waals surface area contributed by atoms with Gasteiger partial charge in [0.05, 0.1) is 6.20 Å². The Labute approximate surface area is 125 Å². The number of benzene rings is 1. The van der Waals surface area contributed by atoms with Crippen LogP contribution in [0.3, 0.4) is 0 Å². The SMILES string of the molecule is CNc1cn2ccnc2c(Nc2ccc3sccc3c2)n1. The lowest BCUT2D eigenvalue weighted by Crippen LogP contribution is -2.02. The van der Waals surface area contributed by atoms with Gasteiger partial charge in [0.15, 0.2) is 11.5 Å². The molecule has 0 aliphatic heterocycles. The number of nitrogens with one attached hydrogen (secondary N) is 2. The molecule has 0 amide bonds. The van der Waals surface area contributed by atoms with Crippen molar-refractivity contribution < 1.29 is 0 Å². The largest absolute Gasteiger partial charge is 0.372 e. The van der Waals surface area contributed by atoms with E-state index < -0.39 is 0 Å². The summed E-state index contributed by atoms with van der Waals surface area (Å²) in [5.74, 6) is 1.53. The highest BCUT2D eigenvalue weighted by molar-refractivity contribution is 7.17. The number of hydrogen-bond acceptors (Lipinski definition) is 5. The summed E-state index contributed by atoms with van der Waals surface area (Å²) in [6.45, 7) is 0. The van der Waals surface area contributed by atoms with E-state index in [4.69, 9.17) is 0 Å². The number of anilines is 3. The number of hydrogen-bond donors (Lipinski definition) is 2. The topological polar surface area (TPSA) is 54.2 Å². The molecule has 2 N–H and O–H groups in total. The normalized spacial score (nSPS) is 11.1. The lowest BCUT2D eigenvalue weighted by Gasteiger charge is -2.09. The van der Waals surface area contributed by atoms with Crippen molar-refractivity contribution in [3.63, 3.8) is 0 Å². The summed E-state index contributed by atoms with van der Waals surface area (Å²) in [4.78, 5) is 8.91. The third kappa shape index (κ3) is 2.09. The molecule has 4 rings (SSSR count). The van der Waals surface area contributed by atoms with E-state index in [1.807, 2.05) is 23.8 Å². The van der Waals surface area contributed by atoms with Crippen LogP contribution in [-0.2, 0) is 0 Å². The molecule has 0 fully saturated rings. The molecule has 0 unspecified atom stereocenters. The van der Waals surface area contributed by atoms with Crippen LogP contribution < -0.4 is 10.6 Å². The second-order valence-electron chi connectivity index (χ2n) is 4.68. The molecule has 0 atom stereocenters. The van der Waals surface area contributed by atoms with E-state index in [2.05, 4.69) is 50.2 Å². The maximum Gasteiger partial charge on any atom is 0.180 e. The maximum atomic E-state index is 4.55. The van der Waals surface area contributed by atoms with Crippen molar-refractivity contribution in [3.05, 3.63) is 48.2 Å².